The Morgan fingerprint density at radius 3 is 2.67 bits per heavy atom. The van der Waals surface area contributed by atoms with E-state index in [9.17, 15) is 4.79 Å². The Kier molecular flexibility index (Phi) is 4.47. The van der Waals surface area contributed by atoms with Gasteiger partial charge in [0.2, 0.25) is 0 Å². The molecule has 82 valence electrons. The molecule has 2 nitrogen and oxygen atoms in total. The lowest BCUT2D eigenvalue weighted by Gasteiger charge is -2.12. The fraction of sp³-hybridized carbons (Fsp3) is 0.538. The Morgan fingerprint density at radius 1 is 1.40 bits per heavy atom. The van der Waals surface area contributed by atoms with Gasteiger partial charge in [-0.15, -0.1) is 0 Å². The van der Waals surface area contributed by atoms with E-state index in [1.807, 2.05) is 25.1 Å². The minimum atomic E-state index is -0.0693. The van der Waals surface area contributed by atoms with E-state index in [0.717, 1.165) is 12.1 Å². The molecule has 0 aliphatic heterocycles. The minimum Gasteiger partial charge on any atom is -0.299 e. The van der Waals surface area contributed by atoms with Crippen molar-refractivity contribution in [1.82, 2.24) is 4.98 Å². The van der Waals surface area contributed by atoms with Crippen molar-refractivity contribution in [2.75, 3.05) is 0 Å². The van der Waals surface area contributed by atoms with E-state index in [0.29, 0.717) is 18.1 Å². The first-order chi connectivity index (χ1) is 7.15. The van der Waals surface area contributed by atoms with Gasteiger partial charge in [-0.1, -0.05) is 26.3 Å². The number of nitrogens with zero attached hydrogens (tertiary/aromatic N) is 1. The third kappa shape index (κ3) is 3.46. The average molecular weight is 205 g/mol. The smallest absolute Gasteiger partial charge is 0.141 e. The van der Waals surface area contributed by atoms with E-state index >= 15 is 0 Å². The zero-order valence-corrected chi connectivity index (χ0v) is 9.73. The molecule has 0 radical (unpaired) electrons. The van der Waals surface area contributed by atoms with Gasteiger partial charge in [-0.25, -0.2) is 0 Å². The van der Waals surface area contributed by atoms with Crippen molar-refractivity contribution in [3.05, 3.63) is 30.1 Å². The standard InChI is InChI=1S/C13H19NO/c1-4-10(2)9-13(15)11(3)12-7-5-6-8-14-12/h5-8,10-11H,4,9H2,1-3H3. The van der Waals surface area contributed by atoms with E-state index < -0.39 is 0 Å². The number of ketones is 1. The van der Waals surface area contributed by atoms with Crippen LogP contribution in [0.15, 0.2) is 24.4 Å². The summed E-state index contributed by atoms with van der Waals surface area (Å²) in [5.74, 6) is 0.701. The molecule has 1 rings (SSSR count). The first-order valence-electron chi connectivity index (χ1n) is 5.58. The van der Waals surface area contributed by atoms with E-state index in [4.69, 9.17) is 0 Å². The molecule has 1 heterocycles. The van der Waals surface area contributed by atoms with Crippen LogP contribution in [0, 0.1) is 5.92 Å². The van der Waals surface area contributed by atoms with Crippen molar-refractivity contribution in [3.8, 4) is 0 Å². The Labute approximate surface area is 91.7 Å². The Balaban J connectivity index is 2.61. The molecular formula is C13H19NO. The first-order valence-corrected chi connectivity index (χ1v) is 5.58. The predicted octanol–water partition coefficient (Wildman–Crippen LogP) is 3.19. The Morgan fingerprint density at radius 2 is 2.13 bits per heavy atom. The van der Waals surface area contributed by atoms with E-state index in [2.05, 4.69) is 18.8 Å². The summed E-state index contributed by atoms with van der Waals surface area (Å²) in [5, 5.41) is 0. The number of pyridine rings is 1. The van der Waals surface area contributed by atoms with Crippen LogP contribution in [0.4, 0.5) is 0 Å². The van der Waals surface area contributed by atoms with Crippen LogP contribution in [-0.4, -0.2) is 10.8 Å². The maximum atomic E-state index is 11.9. The highest BCUT2D eigenvalue weighted by Gasteiger charge is 2.17. The zero-order chi connectivity index (χ0) is 11.3. The quantitative estimate of drug-likeness (QED) is 0.739. The third-order valence-corrected chi connectivity index (χ3v) is 2.86. The molecule has 0 amide bonds. The van der Waals surface area contributed by atoms with Gasteiger partial charge in [-0.3, -0.25) is 9.78 Å². The molecule has 2 heteroatoms. The summed E-state index contributed by atoms with van der Waals surface area (Å²) in [4.78, 5) is 16.1. The van der Waals surface area contributed by atoms with Gasteiger partial charge in [0.15, 0.2) is 0 Å². The number of carbonyl (C=O) groups is 1. The topological polar surface area (TPSA) is 30.0 Å². The number of rotatable bonds is 5. The van der Waals surface area contributed by atoms with E-state index in [1.54, 1.807) is 6.20 Å². The van der Waals surface area contributed by atoms with Gasteiger partial charge in [0.1, 0.15) is 5.78 Å². The lowest BCUT2D eigenvalue weighted by Crippen LogP contribution is -2.13. The monoisotopic (exact) mass is 205 g/mol. The van der Waals surface area contributed by atoms with Crippen LogP contribution < -0.4 is 0 Å². The number of hydrogen-bond donors (Lipinski definition) is 0. The molecular weight excluding hydrogens is 186 g/mol. The maximum Gasteiger partial charge on any atom is 0.141 e. The van der Waals surface area contributed by atoms with Crippen molar-refractivity contribution in [1.29, 1.82) is 0 Å². The lowest BCUT2D eigenvalue weighted by molar-refractivity contribution is -0.121. The summed E-state index contributed by atoms with van der Waals surface area (Å²) in [6.45, 7) is 6.17. The maximum absolute atomic E-state index is 11.9. The van der Waals surface area contributed by atoms with Crippen LogP contribution in [0.2, 0.25) is 0 Å². The van der Waals surface area contributed by atoms with Crippen molar-refractivity contribution >= 4 is 5.78 Å². The Bertz CT molecular complexity index is 308. The normalized spacial score (nSPS) is 14.6. The second-order valence-electron chi connectivity index (χ2n) is 4.16. The molecule has 0 fully saturated rings. The SMILES string of the molecule is CCC(C)CC(=O)C(C)c1ccccn1. The number of aromatic nitrogens is 1. The second kappa shape index (κ2) is 5.64. The largest absolute Gasteiger partial charge is 0.299 e. The van der Waals surface area contributed by atoms with E-state index in [-0.39, 0.29) is 5.92 Å². The first kappa shape index (κ1) is 11.9. The summed E-state index contributed by atoms with van der Waals surface area (Å²) in [6, 6.07) is 5.71. The molecule has 1 aromatic rings. The van der Waals surface area contributed by atoms with Crippen LogP contribution in [0.5, 0.6) is 0 Å². The summed E-state index contributed by atoms with van der Waals surface area (Å²) in [5.41, 5.74) is 0.880. The zero-order valence-electron chi connectivity index (χ0n) is 9.73. The molecule has 15 heavy (non-hydrogen) atoms. The summed E-state index contributed by atoms with van der Waals surface area (Å²) < 4.78 is 0. The predicted molar refractivity (Wildman–Crippen MR) is 61.7 cm³/mol. The fourth-order valence-electron chi connectivity index (χ4n) is 1.46. The van der Waals surface area contributed by atoms with Crippen LogP contribution in [0.25, 0.3) is 0 Å². The number of hydrogen-bond acceptors (Lipinski definition) is 2. The van der Waals surface area contributed by atoms with Gasteiger partial charge in [-0.2, -0.15) is 0 Å². The molecule has 0 saturated carbocycles. The van der Waals surface area contributed by atoms with Crippen LogP contribution >= 0.6 is 0 Å². The Hall–Kier alpha value is -1.18. The highest BCUT2D eigenvalue weighted by molar-refractivity contribution is 5.85. The van der Waals surface area contributed by atoms with Crippen LogP contribution in [-0.2, 0) is 4.79 Å². The van der Waals surface area contributed by atoms with E-state index in [1.165, 1.54) is 0 Å². The third-order valence-electron chi connectivity index (χ3n) is 2.86. The van der Waals surface area contributed by atoms with Gasteiger partial charge in [0.25, 0.3) is 0 Å². The molecule has 0 saturated heterocycles. The molecule has 1 aromatic heterocycles. The summed E-state index contributed by atoms with van der Waals surface area (Å²) in [7, 11) is 0. The molecule has 2 unspecified atom stereocenters. The fourth-order valence-corrected chi connectivity index (χ4v) is 1.46. The van der Waals surface area contributed by atoms with Gasteiger partial charge >= 0.3 is 0 Å². The molecule has 0 bridgehead atoms. The van der Waals surface area contributed by atoms with Crippen molar-refractivity contribution in [2.24, 2.45) is 5.92 Å². The van der Waals surface area contributed by atoms with Gasteiger partial charge < -0.3 is 0 Å². The van der Waals surface area contributed by atoms with Gasteiger partial charge in [-0.05, 0) is 25.0 Å². The van der Waals surface area contributed by atoms with Crippen molar-refractivity contribution in [2.45, 2.75) is 39.5 Å². The number of Topliss-reactive ketones (excluding diaryl/α,β-unsaturated/α-hetero) is 1. The summed E-state index contributed by atoms with van der Waals surface area (Å²) in [6.07, 6.45) is 3.46. The van der Waals surface area contributed by atoms with Crippen molar-refractivity contribution < 1.29 is 4.79 Å². The lowest BCUT2D eigenvalue weighted by atomic mass is 9.93. The molecule has 0 aliphatic carbocycles. The molecule has 0 aromatic carbocycles. The molecule has 0 aliphatic rings. The second-order valence-corrected chi connectivity index (χ2v) is 4.16. The van der Waals surface area contributed by atoms with Crippen LogP contribution in [0.1, 0.15) is 45.2 Å². The van der Waals surface area contributed by atoms with Gasteiger partial charge in [0.05, 0.1) is 11.6 Å². The minimum absolute atomic E-state index is 0.0693. The highest BCUT2D eigenvalue weighted by atomic mass is 16.1. The average Bonchev–Trinajstić information content (AvgIpc) is 2.29. The molecule has 0 N–H and O–H groups in total. The summed E-state index contributed by atoms with van der Waals surface area (Å²) >= 11 is 0. The van der Waals surface area contributed by atoms with Crippen LogP contribution in [0.3, 0.4) is 0 Å². The van der Waals surface area contributed by atoms with Crippen molar-refractivity contribution in [3.63, 3.8) is 0 Å². The molecule has 2 atom stereocenters. The highest BCUT2D eigenvalue weighted by Crippen LogP contribution is 2.18. The molecule has 0 spiro atoms. The van der Waals surface area contributed by atoms with Gasteiger partial charge in [0, 0.05) is 12.6 Å². The number of carbonyl (C=O) groups excluding carboxylic acids is 1.